The van der Waals surface area contributed by atoms with Gasteiger partial charge in [-0.1, -0.05) is 48.7 Å². The molecule has 0 amide bonds. The van der Waals surface area contributed by atoms with E-state index in [2.05, 4.69) is 17.2 Å². The van der Waals surface area contributed by atoms with Crippen molar-refractivity contribution >= 4 is 23.2 Å². The number of hydrogen-bond acceptors (Lipinski definition) is 3. The molecule has 0 spiro atoms. The van der Waals surface area contributed by atoms with Gasteiger partial charge in [-0.05, 0) is 36.2 Å². The summed E-state index contributed by atoms with van der Waals surface area (Å²) >= 11 is 12.0. The Balaban J connectivity index is 2.15. The number of nitrogens with one attached hydrogen (secondary N) is 1. The summed E-state index contributed by atoms with van der Waals surface area (Å²) in [6, 6.07) is 11.3. The first-order valence-electron chi connectivity index (χ1n) is 6.94. The highest BCUT2D eigenvalue weighted by Crippen LogP contribution is 2.24. The van der Waals surface area contributed by atoms with Crippen molar-refractivity contribution in [2.45, 2.75) is 32.0 Å². The van der Waals surface area contributed by atoms with Crippen molar-refractivity contribution in [1.82, 2.24) is 10.3 Å². The Hall–Kier alpha value is -1.13. The van der Waals surface area contributed by atoms with E-state index in [4.69, 9.17) is 28.9 Å². The van der Waals surface area contributed by atoms with Crippen LogP contribution in [0.4, 0.5) is 0 Å². The van der Waals surface area contributed by atoms with Gasteiger partial charge in [0.15, 0.2) is 0 Å². The number of pyridine rings is 1. The van der Waals surface area contributed by atoms with Crippen LogP contribution in [0, 0.1) is 0 Å². The second-order valence-corrected chi connectivity index (χ2v) is 5.85. The summed E-state index contributed by atoms with van der Waals surface area (Å²) in [5.74, 6) is 0. The lowest BCUT2D eigenvalue weighted by Crippen LogP contribution is -2.50. The third-order valence-corrected chi connectivity index (χ3v) is 4.10. The molecule has 1 atom stereocenters. The maximum atomic E-state index is 6.51. The fraction of sp³-hybridized carbons (Fsp3) is 0.312. The van der Waals surface area contributed by atoms with E-state index in [9.17, 15) is 0 Å². The maximum absolute atomic E-state index is 6.51. The molecule has 0 fully saturated rings. The zero-order valence-corrected chi connectivity index (χ0v) is 13.5. The van der Waals surface area contributed by atoms with Crippen molar-refractivity contribution in [3.05, 3.63) is 63.9 Å². The molecule has 0 aliphatic carbocycles. The van der Waals surface area contributed by atoms with Gasteiger partial charge in [0.1, 0.15) is 5.66 Å². The molecule has 1 unspecified atom stereocenters. The summed E-state index contributed by atoms with van der Waals surface area (Å²) < 4.78 is 0. The van der Waals surface area contributed by atoms with Crippen molar-refractivity contribution in [1.29, 1.82) is 0 Å². The van der Waals surface area contributed by atoms with Gasteiger partial charge in [0.25, 0.3) is 0 Å². The van der Waals surface area contributed by atoms with E-state index in [1.165, 1.54) is 0 Å². The van der Waals surface area contributed by atoms with E-state index in [-0.39, 0.29) is 0 Å². The fourth-order valence-corrected chi connectivity index (χ4v) is 2.56. The summed E-state index contributed by atoms with van der Waals surface area (Å²) in [7, 11) is 0. The third kappa shape index (κ3) is 4.17. The van der Waals surface area contributed by atoms with Gasteiger partial charge in [0, 0.05) is 12.7 Å². The minimum Gasteiger partial charge on any atom is -0.308 e. The quantitative estimate of drug-likeness (QED) is 0.787. The zero-order valence-electron chi connectivity index (χ0n) is 11.9. The van der Waals surface area contributed by atoms with Crippen LogP contribution >= 0.6 is 23.2 Å². The van der Waals surface area contributed by atoms with E-state index in [0.717, 1.165) is 24.1 Å². The smallest absolute Gasteiger partial charge is 0.110 e. The van der Waals surface area contributed by atoms with Gasteiger partial charge in [-0.25, -0.2) is 0 Å². The molecule has 3 nitrogen and oxygen atoms in total. The Morgan fingerprint density at radius 2 is 2.00 bits per heavy atom. The second kappa shape index (κ2) is 7.23. The predicted molar refractivity (Wildman–Crippen MR) is 88.3 cm³/mol. The fourth-order valence-electron chi connectivity index (χ4n) is 2.24. The van der Waals surface area contributed by atoms with E-state index in [1.54, 1.807) is 12.3 Å². The normalized spacial score (nSPS) is 13.9. The number of nitrogens with zero attached hydrogens (tertiary/aromatic N) is 1. The maximum Gasteiger partial charge on any atom is 0.110 e. The average molecular weight is 324 g/mol. The van der Waals surface area contributed by atoms with Crippen molar-refractivity contribution in [2.75, 3.05) is 0 Å². The molecule has 5 heteroatoms. The van der Waals surface area contributed by atoms with Crippen LogP contribution in [0.5, 0.6) is 0 Å². The Bertz CT molecular complexity index is 589. The van der Waals surface area contributed by atoms with Gasteiger partial charge in [0.2, 0.25) is 0 Å². The largest absolute Gasteiger partial charge is 0.308 e. The minimum atomic E-state index is -0.651. The lowest BCUT2D eigenvalue weighted by atomic mass is 9.99. The number of benzene rings is 1. The third-order valence-electron chi connectivity index (χ3n) is 3.36. The Kier molecular flexibility index (Phi) is 5.59. The van der Waals surface area contributed by atoms with Crippen LogP contribution in [-0.2, 0) is 12.2 Å². The lowest BCUT2D eigenvalue weighted by Gasteiger charge is -2.30. The first-order valence-corrected chi connectivity index (χ1v) is 7.70. The van der Waals surface area contributed by atoms with Gasteiger partial charge in [-0.3, -0.25) is 10.3 Å². The Morgan fingerprint density at radius 3 is 2.62 bits per heavy atom. The summed E-state index contributed by atoms with van der Waals surface area (Å²) in [5.41, 5.74) is 7.74. The molecule has 1 aromatic carbocycles. The summed E-state index contributed by atoms with van der Waals surface area (Å²) in [5, 5.41) is 4.49. The van der Waals surface area contributed by atoms with Crippen LogP contribution in [0.2, 0.25) is 10.0 Å². The van der Waals surface area contributed by atoms with Gasteiger partial charge < -0.3 is 5.73 Å². The van der Waals surface area contributed by atoms with Gasteiger partial charge in [-0.2, -0.15) is 0 Å². The molecule has 112 valence electrons. The summed E-state index contributed by atoms with van der Waals surface area (Å²) in [6.45, 7) is 2.70. The number of hydrogen-bond donors (Lipinski definition) is 2. The molecule has 3 N–H and O–H groups in total. The second-order valence-electron chi connectivity index (χ2n) is 5.04. The monoisotopic (exact) mass is 323 g/mol. The topological polar surface area (TPSA) is 50.9 Å². The molecule has 0 bridgehead atoms. The first-order chi connectivity index (χ1) is 10.0. The summed E-state index contributed by atoms with van der Waals surface area (Å²) in [4.78, 5) is 4.38. The van der Waals surface area contributed by atoms with E-state index >= 15 is 0 Å². The van der Waals surface area contributed by atoms with Crippen LogP contribution in [-0.4, -0.2) is 4.98 Å². The zero-order chi connectivity index (χ0) is 15.3. The molecule has 0 saturated carbocycles. The number of rotatable bonds is 6. The van der Waals surface area contributed by atoms with E-state index < -0.39 is 5.66 Å². The molecule has 1 aromatic heterocycles. The van der Waals surface area contributed by atoms with Gasteiger partial charge in [-0.15, -0.1) is 0 Å². The molecule has 21 heavy (non-hydrogen) atoms. The molecule has 1 heterocycles. The molecule has 0 saturated heterocycles. The molecular formula is C16H19Cl2N3. The highest BCUT2D eigenvalue weighted by atomic mass is 35.5. The predicted octanol–water partition coefficient (Wildman–Crippen LogP) is 4.09. The number of halogens is 2. The highest BCUT2D eigenvalue weighted by molar-refractivity contribution is 6.42. The minimum absolute atomic E-state index is 0.548. The lowest BCUT2D eigenvalue weighted by molar-refractivity contribution is 0.304. The van der Waals surface area contributed by atoms with Crippen molar-refractivity contribution < 1.29 is 0 Å². The molecule has 2 rings (SSSR count). The van der Waals surface area contributed by atoms with Crippen LogP contribution in [0.15, 0.2) is 42.6 Å². The molecule has 0 radical (unpaired) electrons. The molecule has 0 aliphatic rings. The molecule has 0 aliphatic heterocycles. The SMILES string of the molecule is CCCC(N)(NCc1ccc(Cl)c(Cl)c1)c1ccccn1. The molecular weight excluding hydrogens is 305 g/mol. The number of aromatic nitrogens is 1. The van der Waals surface area contributed by atoms with Crippen LogP contribution in [0.25, 0.3) is 0 Å². The average Bonchev–Trinajstić information content (AvgIpc) is 2.50. The number of nitrogens with two attached hydrogens (primary N) is 1. The first kappa shape index (κ1) is 16.2. The van der Waals surface area contributed by atoms with Crippen molar-refractivity contribution in [3.8, 4) is 0 Å². The van der Waals surface area contributed by atoms with Crippen LogP contribution in [0.3, 0.4) is 0 Å². The standard InChI is InChI=1S/C16H19Cl2N3/c1-2-8-16(19,15-5-3-4-9-20-15)21-11-12-6-7-13(17)14(18)10-12/h3-7,9-10,21H,2,8,11,19H2,1H3. The van der Waals surface area contributed by atoms with Gasteiger partial charge >= 0.3 is 0 Å². The van der Waals surface area contributed by atoms with Crippen molar-refractivity contribution in [2.24, 2.45) is 5.73 Å². The van der Waals surface area contributed by atoms with E-state index in [1.807, 2.05) is 30.3 Å². The highest BCUT2D eigenvalue weighted by Gasteiger charge is 2.26. The summed E-state index contributed by atoms with van der Waals surface area (Å²) in [6.07, 6.45) is 3.51. The van der Waals surface area contributed by atoms with Crippen LogP contribution in [0.1, 0.15) is 31.0 Å². The van der Waals surface area contributed by atoms with Gasteiger partial charge in [0.05, 0.1) is 15.7 Å². The molecule has 2 aromatic rings. The Morgan fingerprint density at radius 1 is 1.19 bits per heavy atom. The Labute approximate surface area is 135 Å². The van der Waals surface area contributed by atoms with Crippen LogP contribution < -0.4 is 11.1 Å². The van der Waals surface area contributed by atoms with Crippen molar-refractivity contribution in [3.63, 3.8) is 0 Å². The van der Waals surface area contributed by atoms with E-state index in [0.29, 0.717) is 16.6 Å².